The van der Waals surface area contributed by atoms with E-state index >= 15 is 0 Å². The van der Waals surface area contributed by atoms with E-state index in [0.717, 1.165) is 5.65 Å². The minimum atomic E-state index is -0.352. The smallest absolute Gasteiger partial charge is 0.319 e. The van der Waals surface area contributed by atoms with Crippen LogP contribution in [0.15, 0.2) is 48.7 Å². The third-order valence-electron chi connectivity index (χ3n) is 3.35. The topological polar surface area (TPSA) is 95.1 Å². The quantitative estimate of drug-likeness (QED) is 0.777. The summed E-state index contributed by atoms with van der Waals surface area (Å²) in [6.07, 6.45) is 1.85. The molecule has 2 amide bonds. The molecule has 1 atom stereocenters. The van der Waals surface area contributed by atoms with Crippen molar-refractivity contribution < 1.29 is 4.79 Å². The summed E-state index contributed by atoms with van der Waals surface area (Å²) in [4.78, 5) is 12.1. The van der Waals surface area contributed by atoms with Gasteiger partial charge in [-0.3, -0.25) is 4.40 Å². The molecule has 1 unspecified atom stereocenters. The molecule has 0 fully saturated rings. The van der Waals surface area contributed by atoms with Gasteiger partial charge in [0.2, 0.25) is 0 Å². The molecule has 1 aromatic carbocycles. The summed E-state index contributed by atoms with van der Waals surface area (Å²) in [6.45, 7) is 1.84. The number of nitrogens with one attached hydrogen (secondary N) is 2. The molecule has 2 N–H and O–H groups in total. The Hall–Kier alpha value is -3.40. The van der Waals surface area contributed by atoms with Crippen LogP contribution in [-0.2, 0) is 0 Å². The number of pyridine rings is 1. The maximum atomic E-state index is 12.1. The van der Waals surface area contributed by atoms with Gasteiger partial charge in [0.25, 0.3) is 0 Å². The lowest BCUT2D eigenvalue weighted by Gasteiger charge is -2.13. The van der Waals surface area contributed by atoms with Crippen LogP contribution in [0.5, 0.6) is 0 Å². The zero-order valence-electron chi connectivity index (χ0n) is 12.4. The molecule has 2 aromatic heterocycles. The van der Waals surface area contributed by atoms with E-state index in [0.29, 0.717) is 17.1 Å². The Bertz CT molecular complexity index is 877. The molecular weight excluding hydrogens is 292 g/mol. The van der Waals surface area contributed by atoms with Gasteiger partial charge in [-0.05, 0) is 43.3 Å². The number of carbonyl (C=O) groups is 1. The van der Waals surface area contributed by atoms with E-state index in [2.05, 4.69) is 20.8 Å². The van der Waals surface area contributed by atoms with E-state index in [-0.39, 0.29) is 12.1 Å². The van der Waals surface area contributed by atoms with Gasteiger partial charge in [-0.1, -0.05) is 6.07 Å². The maximum Gasteiger partial charge on any atom is 0.319 e. The van der Waals surface area contributed by atoms with Crippen LogP contribution in [0.25, 0.3) is 5.65 Å². The first-order valence-electron chi connectivity index (χ1n) is 7.05. The third-order valence-corrected chi connectivity index (χ3v) is 3.35. The summed E-state index contributed by atoms with van der Waals surface area (Å²) in [6, 6.07) is 13.6. The summed E-state index contributed by atoms with van der Waals surface area (Å²) in [5.41, 5.74) is 1.88. The fourth-order valence-electron chi connectivity index (χ4n) is 2.21. The predicted octanol–water partition coefficient (Wildman–Crippen LogP) is 2.48. The van der Waals surface area contributed by atoms with E-state index in [1.165, 1.54) is 0 Å². The van der Waals surface area contributed by atoms with Crippen LogP contribution in [-0.4, -0.2) is 20.6 Å². The van der Waals surface area contributed by atoms with Crippen LogP contribution in [0.4, 0.5) is 10.5 Å². The molecule has 7 nitrogen and oxygen atoms in total. The van der Waals surface area contributed by atoms with Gasteiger partial charge in [0, 0.05) is 11.9 Å². The standard InChI is InChI=1S/C16H14N6O/c1-11(15-21-20-14-4-2-3-9-22(14)15)18-16(23)19-13-7-5-12(10-17)6-8-13/h2-9,11H,1H3,(H2,18,19,23). The van der Waals surface area contributed by atoms with Crippen molar-refractivity contribution in [1.82, 2.24) is 19.9 Å². The second-order valence-electron chi connectivity index (χ2n) is 5.00. The number of rotatable bonds is 3. The molecule has 0 aliphatic carbocycles. The predicted molar refractivity (Wildman–Crippen MR) is 84.7 cm³/mol. The molecule has 2 heterocycles. The van der Waals surface area contributed by atoms with Gasteiger partial charge in [-0.2, -0.15) is 5.26 Å². The van der Waals surface area contributed by atoms with Crippen LogP contribution in [0.1, 0.15) is 24.4 Å². The minimum Gasteiger partial charge on any atom is -0.328 e. The number of anilines is 1. The molecule has 3 rings (SSSR count). The molecule has 0 aliphatic rings. The lowest BCUT2D eigenvalue weighted by atomic mass is 10.2. The number of benzene rings is 1. The molecule has 0 spiro atoms. The van der Waals surface area contributed by atoms with Gasteiger partial charge in [0.1, 0.15) is 0 Å². The van der Waals surface area contributed by atoms with Gasteiger partial charge >= 0.3 is 6.03 Å². The molecule has 0 bridgehead atoms. The number of urea groups is 1. The Labute approximate surface area is 132 Å². The summed E-state index contributed by atoms with van der Waals surface area (Å²) >= 11 is 0. The first-order valence-corrected chi connectivity index (χ1v) is 7.05. The summed E-state index contributed by atoms with van der Waals surface area (Å²) in [5, 5.41) is 22.5. The van der Waals surface area contributed by atoms with Crippen molar-refractivity contribution in [3.05, 3.63) is 60.0 Å². The van der Waals surface area contributed by atoms with E-state index < -0.39 is 0 Å². The van der Waals surface area contributed by atoms with Gasteiger partial charge in [-0.25, -0.2) is 4.79 Å². The fraction of sp³-hybridized carbons (Fsp3) is 0.125. The maximum absolute atomic E-state index is 12.1. The van der Waals surface area contributed by atoms with E-state index in [1.54, 1.807) is 24.3 Å². The highest BCUT2D eigenvalue weighted by Gasteiger charge is 2.15. The van der Waals surface area contributed by atoms with Crippen LogP contribution >= 0.6 is 0 Å². The van der Waals surface area contributed by atoms with Crippen LogP contribution in [0.3, 0.4) is 0 Å². The van der Waals surface area contributed by atoms with Crippen molar-refractivity contribution in [2.75, 3.05) is 5.32 Å². The Morgan fingerprint density at radius 1 is 1.22 bits per heavy atom. The van der Waals surface area contributed by atoms with Crippen molar-refractivity contribution in [2.45, 2.75) is 13.0 Å². The number of fused-ring (bicyclic) bond motifs is 1. The summed E-state index contributed by atoms with van der Waals surface area (Å²) < 4.78 is 1.83. The van der Waals surface area contributed by atoms with Crippen LogP contribution in [0.2, 0.25) is 0 Å². The van der Waals surface area contributed by atoms with Crippen molar-refractivity contribution in [3.63, 3.8) is 0 Å². The number of nitrogens with zero attached hydrogens (tertiary/aromatic N) is 4. The highest BCUT2D eigenvalue weighted by molar-refractivity contribution is 5.89. The second kappa shape index (κ2) is 6.15. The molecular formula is C16H14N6O. The van der Waals surface area contributed by atoms with Gasteiger partial charge in [0.15, 0.2) is 11.5 Å². The highest BCUT2D eigenvalue weighted by atomic mass is 16.2. The van der Waals surface area contributed by atoms with E-state index in [4.69, 9.17) is 5.26 Å². The Balaban J connectivity index is 1.68. The van der Waals surface area contributed by atoms with Crippen LogP contribution < -0.4 is 10.6 Å². The lowest BCUT2D eigenvalue weighted by Crippen LogP contribution is -2.32. The molecule has 0 aliphatic heterocycles. The number of aromatic nitrogens is 3. The normalized spacial score (nSPS) is 11.7. The zero-order chi connectivity index (χ0) is 16.2. The number of carbonyl (C=O) groups excluding carboxylic acids is 1. The molecule has 3 aromatic rings. The number of hydrogen-bond donors (Lipinski definition) is 2. The first kappa shape index (κ1) is 14.5. The van der Waals surface area contributed by atoms with E-state index in [9.17, 15) is 4.79 Å². The Kier molecular flexibility index (Phi) is 3.89. The largest absolute Gasteiger partial charge is 0.328 e. The van der Waals surface area contributed by atoms with Gasteiger partial charge in [-0.15, -0.1) is 10.2 Å². The lowest BCUT2D eigenvalue weighted by molar-refractivity contribution is 0.249. The van der Waals surface area contributed by atoms with Crippen LogP contribution in [0, 0.1) is 11.3 Å². The second-order valence-corrected chi connectivity index (χ2v) is 5.00. The average molecular weight is 306 g/mol. The van der Waals surface area contributed by atoms with Crippen molar-refractivity contribution in [1.29, 1.82) is 5.26 Å². The Morgan fingerprint density at radius 2 is 2.00 bits per heavy atom. The summed E-state index contributed by atoms with van der Waals surface area (Å²) in [5.74, 6) is 0.649. The van der Waals surface area contributed by atoms with Crippen molar-refractivity contribution in [3.8, 4) is 6.07 Å². The van der Waals surface area contributed by atoms with Gasteiger partial charge in [0.05, 0.1) is 17.7 Å². The van der Waals surface area contributed by atoms with Crippen molar-refractivity contribution in [2.24, 2.45) is 0 Å². The molecule has 114 valence electrons. The van der Waals surface area contributed by atoms with E-state index in [1.807, 2.05) is 41.8 Å². The third kappa shape index (κ3) is 3.11. The van der Waals surface area contributed by atoms with Crippen molar-refractivity contribution >= 4 is 17.4 Å². The zero-order valence-corrected chi connectivity index (χ0v) is 12.4. The first-order chi connectivity index (χ1) is 11.2. The molecule has 0 radical (unpaired) electrons. The monoisotopic (exact) mass is 306 g/mol. The molecule has 0 saturated heterocycles. The Morgan fingerprint density at radius 3 is 2.74 bits per heavy atom. The fourth-order valence-corrected chi connectivity index (χ4v) is 2.21. The molecule has 7 heteroatoms. The number of amides is 2. The van der Waals surface area contributed by atoms with Gasteiger partial charge < -0.3 is 10.6 Å². The highest BCUT2D eigenvalue weighted by Crippen LogP contribution is 2.13. The molecule has 23 heavy (non-hydrogen) atoms. The number of nitriles is 1. The summed E-state index contributed by atoms with van der Waals surface area (Å²) in [7, 11) is 0. The molecule has 0 saturated carbocycles. The number of hydrogen-bond acceptors (Lipinski definition) is 4. The average Bonchev–Trinajstić information content (AvgIpc) is 2.99. The minimum absolute atomic E-state index is 0.314. The SMILES string of the molecule is CC(NC(=O)Nc1ccc(C#N)cc1)c1nnc2ccccn12.